The van der Waals surface area contributed by atoms with Crippen molar-refractivity contribution >= 4 is 17.6 Å². The van der Waals surface area contributed by atoms with Crippen LogP contribution in [0.5, 0.6) is 0 Å². The first-order chi connectivity index (χ1) is 11.2. The quantitative estimate of drug-likeness (QED) is 0.729. The molecule has 7 heteroatoms. The molecule has 0 saturated carbocycles. The molecule has 3 rings (SSSR count). The summed E-state index contributed by atoms with van der Waals surface area (Å²) in [4.78, 5) is 23.7. The standard InChI is InChI=1S/C16H19N5O2/c22-15-14-11-13(4-3-12(14)5-8-17-15)20-16(23)18-6-1-9-21-10-2-7-19-21/h2-4,7,10-11H,1,5-6,8-9H2,(H,17,22)(H2,18,20,23). The maximum absolute atomic E-state index is 11.9. The van der Waals surface area contributed by atoms with Gasteiger partial charge in [-0.15, -0.1) is 0 Å². The predicted octanol–water partition coefficient (Wildman–Crippen LogP) is 1.38. The van der Waals surface area contributed by atoms with Crippen LogP contribution in [0.1, 0.15) is 22.3 Å². The Balaban J connectivity index is 1.48. The minimum Gasteiger partial charge on any atom is -0.352 e. The van der Waals surface area contributed by atoms with Crippen molar-refractivity contribution in [2.75, 3.05) is 18.4 Å². The Kier molecular flexibility index (Phi) is 4.56. The Hall–Kier alpha value is -2.83. The van der Waals surface area contributed by atoms with Gasteiger partial charge in [-0.25, -0.2) is 4.79 Å². The molecule has 0 unspecified atom stereocenters. The van der Waals surface area contributed by atoms with Crippen LogP contribution in [0.4, 0.5) is 10.5 Å². The third-order valence-electron chi connectivity index (χ3n) is 3.70. The third kappa shape index (κ3) is 3.88. The molecule has 7 nitrogen and oxygen atoms in total. The number of benzene rings is 1. The molecule has 120 valence electrons. The van der Waals surface area contributed by atoms with Gasteiger partial charge in [-0.1, -0.05) is 6.07 Å². The average molecular weight is 313 g/mol. The van der Waals surface area contributed by atoms with Crippen LogP contribution in [0.2, 0.25) is 0 Å². The van der Waals surface area contributed by atoms with Crippen molar-refractivity contribution in [1.82, 2.24) is 20.4 Å². The van der Waals surface area contributed by atoms with E-state index in [4.69, 9.17) is 0 Å². The van der Waals surface area contributed by atoms with Crippen LogP contribution in [-0.2, 0) is 13.0 Å². The number of aromatic nitrogens is 2. The van der Waals surface area contributed by atoms with Gasteiger partial charge in [-0.2, -0.15) is 5.10 Å². The maximum atomic E-state index is 11.9. The number of rotatable bonds is 5. The number of nitrogens with one attached hydrogen (secondary N) is 3. The Bertz CT molecular complexity index is 697. The molecular weight excluding hydrogens is 294 g/mol. The van der Waals surface area contributed by atoms with E-state index in [0.717, 1.165) is 24.9 Å². The molecule has 2 aromatic rings. The van der Waals surface area contributed by atoms with Gasteiger partial charge in [0.15, 0.2) is 0 Å². The highest BCUT2D eigenvalue weighted by Crippen LogP contribution is 2.18. The van der Waals surface area contributed by atoms with Crippen molar-refractivity contribution in [1.29, 1.82) is 0 Å². The number of carbonyl (C=O) groups excluding carboxylic acids is 2. The van der Waals surface area contributed by atoms with Crippen LogP contribution in [0.25, 0.3) is 0 Å². The van der Waals surface area contributed by atoms with Gasteiger partial charge in [0, 0.05) is 43.3 Å². The summed E-state index contributed by atoms with van der Waals surface area (Å²) < 4.78 is 1.82. The lowest BCUT2D eigenvalue weighted by atomic mass is 10.00. The van der Waals surface area contributed by atoms with Crippen molar-refractivity contribution < 1.29 is 9.59 Å². The van der Waals surface area contributed by atoms with Crippen molar-refractivity contribution in [2.24, 2.45) is 0 Å². The largest absolute Gasteiger partial charge is 0.352 e. The SMILES string of the molecule is O=C(NCCCn1cccn1)Nc1ccc2c(c1)C(=O)NCC2. The van der Waals surface area contributed by atoms with Crippen LogP contribution >= 0.6 is 0 Å². The number of hydrogen-bond donors (Lipinski definition) is 3. The molecule has 1 aromatic carbocycles. The second kappa shape index (κ2) is 6.95. The van der Waals surface area contributed by atoms with Crippen molar-refractivity contribution in [3.8, 4) is 0 Å². The summed E-state index contributed by atoms with van der Waals surface area (Å²) in [6, 6.07) is 7.02. The summed E-state index contributed by atoms with van der Waals surface area (Å²) >= 11 is 0. The molecule has 2 heterocycles. The highest BCUT2D eigenvalue weighted by molar-refractivity contribution is 5.99. The molecule has 3 amide bonds. The van der Waals surface area contributed by atoms with Crippen LogP contribution in [0.15, 0.2) is 36.7 Å². The van der Waals surface area contributed by atoms with Gasteiger partial charge in [-0.05, 0) is 36.6 Å². The zero-order valence-electron chi connectivity index (χ0n) is 12.7. The van der Waals surface area contributed by atoms with Crippen molar-refractivity contribution in [2.45, 2.75) is 19.4 Å². The lowest BCUT2D eigenvalue weighted by Gasteiger charge is -2.17. The zero-order valence-corrected chi connectivity index (χ0v) is 12.7. The smallest absolute Gasteiger partial charge is 0.319 e. The predicted molar refractivity (Wildman–Crippen MR) is 86.3 cm³/mol. The van der Waals surface area contributed by atoms with E-state index in [2.05, 4.69) is 21.0 Å². The Morgan fingerprint density at radius 3 is 3.13 bits per heavy atom. The summed E-state index contributed by atoms with van der Waals surface area (Å²) in [5.41, 5.74) is 2.26. The molecule has 0 radical (unpaired) electrons. The number of urea groups is 1. The topological polar surface area (TPSA) is 88.1 Å². The van der Waals surface area contributed by atoms with Gasteiger partial charge < -0.3 is 16.0 Å². The van der Waals surface area contributed by atoms with E-state index in [1.54, 1.807) is 12.3 Å². The molecule has 1 aliphatic heterocycles. The number of hydrogen-bond acceptors (Lipinski definition) is 3. The molecule has 0 fully saturated rings. The van der Waals surface area contributed by atoms with E-state index in [-0.39, 0.29) is 11.9 Å². The summed E-state index contributed by atoms with van der Waals surface area (Å²) in [5, 5.41) is 12.4. The molecule has 1 aliphatic rings. The number of amides is 3. The van der Waals surface area contributed by atoms with Gasteiger partial charge in [-0.3, -0.25) is 9.48 Å². The molecule has 0 atom stereocenters. The number of aryl methyl sites for hydroxylation is 1. The summed E-state index contributed by atoms with van der Waals surface area (Å²) in [5.74, 6) is -0.0884. The molecule has 1 aromatic heterocycles. The lowest BCUT2D eigenvalue weighted by Crippen LogP contribution is -2.32. The van der Waals surface area contributed by atoms with Crippen LogP contribution in [0.3, 0.4) is 0 Å². The summed E-state index contributed by atoms with van der Waals surface area (Å²) in [6.45, 7) is 1.97. The molecule has 0 aliphatic carbocycles. The monoisotopic (exact) mass is 313 g/mol. The Morgan fingerprint density at radius 1 is 1.39 bits per heavy atom. The summed E-state index contributed by atoms with van der Waals surface area (Å²) in [7, 11) is 0. The fraction of sp³-hybridized carbons (Fsp3) is 0.312. The van der Waals surface area contributed by atoms with Crippen LogP contribution in [0, 0.1) is 0 Å². The zero-order chi connectivity index (χ0) is 16.1. The van der Waals surface area contributed by atoms with Crippen LogP contribution < -0.4 is 16.0 Å². The van der Waals surface area contributed by atoms with Gasteiger partial charge in [0.05, 0.1) is 0 Å². The lowest BCUT2D eigenvalue weighted by molar-refractivity contribution is 0.0946. The fourth-order valence-electron chi connectivity index (χ4n) is 2.54. The van der Waals surface area contributed by atoms with Gasteiger partial charge in [0.2, 0.25) is 0 Å². The highest BCUT2D eigenvalue weighted by atomic mass is 16.2. The van der Waals surface area contributed by atoms with Crippen molar-refractivity contribution in [3.63, 3.8) is 0 Å². The molecule has 0 bridgehead atoms. The Morgan fingerprint density at radius 2 is 2.30 bits per heavy atom. The van der Waals surface area contributed by atoms with Crippen molar-refractivity contribution in [3.05, 3.63) is 47.8 Å². The average Bonchev–Trinajstić information content (AvgIpc) is 3.06. The van der Waals surface area contributed by atoms with E-state index in [1.165, 1.54) is 0 Å². The van der Waals surface area contributed by atoms with Gasteiger partial charge in [0.25, 0.3) is 5.91 Å². The highest BCUT2D eigenvalue weighted by Gasteiger charge is 2.17. The van der Waals surface area contributed by atoms with E-state index >= 15 is 0 Å². The normalized spacial score (nSPS) is 13.1. The number of nitrogens with zero attached hydrogens (tertiary/aromatic N) is 2. The third-order valence-corrected chi connectivity index (χ3v) is 3.70. The minimum absolute atomic E-state index is 0.0884. The molecule has 0 spiro atoms. The first-order valence-electron chi connectivity index (χ1n) is 7.66. The maximum Gasteiger partial charge on any atom is 0.319 e. The second-order valence-corrected chi connectivity index (χ2v) is 5.38. The number of anilines is 1. The van der Waals surface area contributed by atoms with E-state index in [9.17, 15) is 9.59 Å². The molecular formula is C16H19N5O2. The molecule has 3 N–H and O–H groups in total. The van der Waals surface area contributed by atoms with E-state index < -0.39 is 0 Å². The second-order valence-electron chi connectivity index (χ2n) is 5.38. The first kappa shape index (κ1) is 15.1. The van der Waals surface area contributed by atoms with Gasteiger partial charge >= 0.3 is 6.03 Å². The number of carbonyl (C=O) groups is 2. The van der Waals surface area contributed by atoms with E-state index in [1.807, 2.05) is 29.1 Å². The van der Waals surface area contributed by atoms with E-state index in [0.29, 0.717) is 24.3 Å². The van der Waals surface area contributed by atoms with Gasteiger partial charge in [0.1, 0.15) is 0 Å². The first-order valence-corrected chi connectivity index (χ1v) is 7.66. The number of fused-ring (bicyclic) bond motifs is 1. The Labute approximate surface area is 134 Å². The summed E-state index contributed by atoms with van der Waals surface area (Å²) in [6.07, 6.45) is 5.23. The fourth-order valence-corrected chi connectivity index (χ4v) is 2.54. The minimum atomic E-state index is -0.276. The molecule has 0 saturated heterocycles. The van der Waals surface area contributed by atoms with Crippen LogP contribution in [-0.4, -0.2) is 34.8 Å². The molecule has 23 heavy (non-hydrogen) atoms.